The van der Waals surface area contributed by atoms with E-state index >= 15 is 0 Å². The minimum atomic E-state index is -0.563. The zero-order valence-electron chi connectivity index (χ0n) is 19.9. The molecule has 0 saturated heterocycles. The van der Waals surface area contributed by atoms with Gasteiger partial charge in [-0.05, 0) is 55.5 Å². The van der Waals surface area contributed by atoms with Gasteiger partial charge >= 0.3 is 5.69 Å². The van der Waals surface area contributed by atoms with Crippen molar-refractivity contribution in [2.75, 3.05) is 17.2 Å². The van der Waals surface area contributed by atoms with Crippen molar-refractivity contribution >= 4 is 28.1 Å². The van der Waals surface area contributed by atoms with Crippen molar-refractivity contribution in [3.63, 3.8) is 0 Å². The van der Waals surface area contributed by atoms with Crippen molar-refractivity contribution in [2.24, 2.45) is 7.05 Å². The molecule has 0 saturated carbocycles. The van der Waals surface area contributed by atoms with Crippen LogP contribution in [0.3, 0.4) is 0 Å². The molecule has 5 rings (SSSR count). The summed E-state index contributed by atoms with van der Waals surface area (Å²) in [5, 5.41) is 6.69. The number of nitrogens with zero attached hydrogens (tertiary/aromatic N) is 3. The lowest BCUT2D eigenvalue weighted by Crippen LogP contribution is -2.40. The highest BCUT2D eigenvalue weighted by Gasteiger charge is 2.21. The van der Waals surface area contributed by atoms with Crippen molar-refractivity contribution < 1.29 is 0 Å². The number of fused-ring (bicyclic) bond motifs is 1. The van der Waals surface area contributed by atoms with Gasteiger partial charge in [-0.3, -0.25) is 14.2 Å². The van der Waals surface area contributed by atoms with Gasteiger partial charge in [0.15, 0.2) is 0 Å². The van der Waals surface area contributed by atoms with Crippen LogP contribution >= 0.6 is 0 Å². The molecular formula is C28H25N5O3. The molecule has 8 nitrogen and oxygen atoms in total. The number of nitrogens with one attached hydrogen (secondary N) is 2. The Balaban J connectivity index is 1.86. The molecule has 0 fully saturated rings. The number of para-hydroxylation sites is 2. The van der Waals surface area contributed by atoms with Gasteiger partial charge in [-0.15, -0.1) is 0 Å². The second kappa shape index (κ2) is 9.42. The first-order valence-corrected chi connectivity index (χ1v) is 11.6. The van der Waals surface area contributed by atoms with Crippen LogP contribution in [0.4, 0.5) is 17.1 Å². The third-order valence-corrected chi connectivity index (χ3v) is 5.99. The Bertz CT molecular complexity index is 1720. The third-order valence-electron chi connectivity index (χ3n) is 5.99. The first-order valence-electron chi connectivity index (χ1n) is 11.6. The molecule has 0 aliphatic rings. The molecule has 5 aromatic rings. The van der Waals surface area contributed by atoms with E-state index in [1.165, 1.54) is 15.2 Å². The van der Waals surface area contributed by atoms with Gasteiger partial charge in [0.2, 0.25) is 0 Å². The van der Waals surface area contributed by atoms with Crippen molar-refractivity contribution in [3.8, 4) is 11.4 Å². The van der Waals surface area contributed by atoms with Crippen LogP contribution in [0.15, 0.2) is 105 Å². The number of anilines is 3. The molecule has 8 heteroatoms. The highest BCUT2D eigenvalue weighted by atomic mass is 16.2. The van der Waals surface area contributed by atoms with Gasteiger partial charge in [-0.2, -0.15) is 0 Å². The lowest BCUT2D eigenvalue weighted by atomic mass is 10.2. The van der Waals surface area contributed by atoms with E-state index in [1.54, 1.807) is 55.6 Å². The number of aryl methyl sites for hydroxylation is 1. The molecule has 0 radical (unpaired) electrons. The SMILES string of the molecule is CCNc1ccc(Nc2cc(=O)n(C)c3c2c(=O)n(-c2ccccc2)c(=O)n3-c2ccccc2)cc1. The zero-order chi connectivity index (χ0) is 25.2. The molecule has 0 bridgehead atoms. The lowest BCUT2D eigenvalue weighted by Gasteiger charge is -2.19. The highest BCUT2D eigenvalue weighted by Crippen LogP contribution is 2.24. The summed E-state index contributed by atoms with van der Waals surface area (Å²) >= 11 is 0. The van der Waals surface area contributed by atoms with E-state index in [2.05, 4.69) is 10.6 Å². The summed E-state index contributed by atoms with van der Waals surface area (Å²) in [7, 11) is 1.56. The predicted octanol–water partition coefficient (Wildman–Crippen LogP) is 4.02. The van der Waals surface area contributed by atoms with Crippen molar-refractivity contribution in [1.29, 1.82) is 0 Å². The Morgan fingerprint density at radius 2 is 1.28 bits per heavy atom. The molecule has 2 N–H and O–H groups in total. The number of aromatic nitrogens is 3. The van der Waals surface area contributed by atoms with E-state index in [0.29, 0.717) is 22.7 Å². The van der Waals surface area contributed by atoms with E-state index in [0.717, 1.165) is 16.8 Å². The number of rotatable bonds is 6. The van der Waals surface area contributed by atoms with E-state index in [9.17, 15) is 14.4 Å². The van der Waals surface area contributed by atoms with Gasteiger partial charge < -0.3 is 10.6 Å². The quantitative estimate of drug-likeness (QED) is 0.384. The summed E-state index contributed by atoms with van der Waals surface area (Å²) in [4.78, 5) is 40.8. The summed E-state index contributed by atoms with van der Waals surface area (Å²) in [6, 6.07) is 26.7. The van der Waals surface area contributed by atoms with E-state index in [-0.39, 0.29) is 16.6 Å². The van der Waals surface area contributed by atoms with Crippen molar-refractivity contribution in [1.82, 2.24) is 13.7 Å². The van der Waals surface area contributed by atoms with E-state index < -0.39 is 11.2 Å². The molecule has 2 heterocycles. The molecule has 2 aromatic heterocycles. The Kier molecular flexibility index (Phi) is 6.00. The summed E-state index contributed by atoms with van der Waals surface area (Å²) < 4.78 is 3.88. The average molecular weight is 480 g/mol. The van der Waals surface area contributed by atoms with Crippen LogP contribution in [0, 0.1) is 0 Å². The van der Waals surface area contributed by atoms with Crippen LogP contribution < -0.4 is 27.4 Å². The highest BCUT2D eigenvalue weighted by molar-refractivity contribution is 5.91. The van der Waals surface area contributed by atoms with Gasteiger partial charge in [0.25, 0.3) is 11.1 Å². The fourth-order valence-electron chi connectivity index (χ4n) is 4.29. The molecule has 180 valence electrons. The van der Waals surface area contributed by atoms with Crippen molar-refractivity contribution in [2.45, 2.75) is 6.92 Å². The van der Waals surface area contributed by atoms with Crippen LogP contribution in [0.5, 0.6) is 0 Å². The minimum absolute atomic E-state index is 0.211. The summed E-state index contributed by atoms with van der Waals surface area (Å²) in [5.41, 5.74) is 1.74. The summed E-state index contributed by atoms with van der Waals surface area (Å²) in [6.07, 6.45) is 0. The molecule has 0 amide bonds. The monoisotopic (exact) mass is 479 g/mol. The summed E-state index contributed by atoms with van der Waals surface area (Å²) in [6.45, 7) is 2.81. The van der Waals surface area contributed by atoms with Crippen LogP contribution in [-0.2, 0) is 7.05 Å². The van der Waals surface area contributed by atoms with Gasteiger partial charge in [-0.25, -0.2) is 13.9 Å². The summed E-state index contributed by atoms with van der Waals surface area (Å²) in [5.74, 6) is 0. The first-order chi connectivity index (χ1) is 17.5. The molecule has 0 aliphatic heterocycles. The lowest BCUT2D eigenvalue weighted by molar-refractivity contribution is 0.784. The number of benzene rings is 3. The Morgan fingerprint density at radius 3 is 1.86 bits per heavy atom. The zero-order valence-corrected chi connectivity index (χ0v) is 19.9. The van der Waals surface area contributed by atoms with Gasteiger partial charge in [0.05, 0.1) is 17.1 Å². The third kappa shape index (κ3) is 3.98. The first kappa shape index (κ1) is 22.9. The largest absolute Gasteiger partial charge is 0.385 e. The maximum Gasteiger partial charge on any atom is 0.341 e. The molecule has 0 spiro atoms. The topological polar surface area (TPSA) is 90.1 Å². The molecule has 0 aliphatic carbocycles. The number of hydrogen-bond donors (Lipinski definition) is 2. The Labute approximate surface area is 206 Å². The van der Waals surface area contributed by atoms with Crippen LogP contribution in [0.25, 0.3) is 22.4 Å². The van der Waals surface area contributed by atoms with Crippen LogP contribution in [0.2, 0.25) is 0 Å². The molecule has 0 unspecified atom stereocenters. The van der Waals surface area contributed by atoms with Gasteiger partial charge in [-0.1, -0.05) is 36.4 Å². The smallest absolute Gasteiger partial charge is 0.341 e. The normalized spacial score (nSPS) is 10.9. The van der Waals surface area contributed by atoms with Gasteiger partial charge in [0, 0.05) is 31.0 Å². The molecule has 3 aromatic carbocycles. The number of pyridine rings is 1. The second-order valence-electron chi connectivity index (χ2n) is 8.32. The van der Waals surface area contributed by atoms with Crippen LogP contribution in [0.1, 0.15) is 6.92 Å². The standard InChI is InChI=1S/C28H25N5O3/c1-3-29-19-14-16-20(17-15-19)30-23-18-24(34)31(2)26-25(23)27(35)33(22-12-8-5-9-13-22)28(36)32(26)21-10-6-4-7-11-21/h4-18,29-30H,3H2,1-2H3. The molecule has 36 heavy (non-hydrogen) atoms. The van der Waals surface area contributed by atoms with Crippen molar-refractivity contribution in [3.05, 3.63) is 122 Å². The Hall–Kier alpha value is -4.85. The second-order valence-corrected chi connectivity index (χ2v) is 8.32. The fourth-order valence-corrected chi connectivity index (χ4v) is 4.29. The van der Waals surface area contributed by atoms with E-state index in [1.807, 2.05) is 43.3 Å². The minimum Gasteiger partial charge on any atom is -0.385 e. The van der Waals surface area contributed by atoms with Gasteiger partial charge in [0.1, 0.15) is 11.0 Å². The molecule has 0 atom stereocenters. The number of hydrogen-bond acceptors (Lipinski definition) is 5. The maximum absolute atomic E-state index is 13.9. The van der Waals surface area contributed by atoms with E-state index in [4.69, 9.17) is 0 Å². The molecular weight excluding hydrogens is 454 g/mol. The average Bonchev–Trinajstić information content (AvgIpc) is 2.89. The predicted molar refractivity (Wildman–Crippen MR) is 144 cm³/mol. The van der Waals surface area contributed by atoms with Crippen LogP contribution in [-0.4, -0.2) is 20.2 Å². The Morgan fingerprint density at radius 1 is 0.722 bits per heavy atom. The maximum atomic E-state index is 13.9. The fraction of sp³-hybridized carbons (Fsp3) is 0.107.